The van der Waals surface area contributed by atoms with Crippen LogP contribution in [0.2, 0.25) is 0 Å². The molecule has 3 heterocycles. The van der Waals surface area contributed by atoms with Gasteiger partial charge in [-0.15, -0.1) is 0 Å². The summed E-state index contributed by atoms with van der Waals surface area (Å²) in [5, 5.41) is 12.8. The van der Waals surface area contributed by atoms with E-state index in [9.17, 15) is 4.79 Å². The highest BCUT2D eigenvalue weighted by Gasteiger charge is 2.22. The number of amides is 2. The number of nitrogens with one attached hydrogen (secondary N) is 3. The van der Waals surface area contributed by atoms with Gasteiger partial charge in [0.15, 0.2) is 5.65 Å². The van der Waals surface area contributed by atoms with Crippen molar-refractivity contribution in [2.45, 2.75) is 33.1 Å². The predicted molar refractivity (Wildman–Crippen MR) is 156 cm³/mol. The normalized spacial score (nSPS) is 11.7. The Labute approximate surface area is 226 Å². The molecule has 0 radical (unpaired) electrons. The van der Waals surface area contributed by atoms with Crippen LogP contribution in [0.5, 0.6) is 0 Å². The smallest absolute Gasteiger partial charge is 0.324 e. The second-order valence-electron chi connectivity index (χ2n) is 10.7. The van der Waals surface area contributed by atoms with Crippen LogP contribution in [0.25, 0.3) is 38.8 Å². The molecule has 0 saturated carbocycles. The number of hydrogen-bond acceptors (Lipinski definition) is 4. The van der Waals surface area contributed by atoms with Crippen molar-refractivity contribution in [3.05, 3.63) is 96.6 Å². The third-order valence-electron chi connectivity index (χ3n) is 6.75. The number of hydrogen-bond donors (Lipinski definition) is 3. The number of imidazole rings is 1. The Balaban J connectivity index is 1.32. The molecule has 8 heteroatoms. The Morgan fingerprint density at radius 1 is 0.897 bits per heavy atom. The molecule has 0 aliphatic rings. The number of nitrogens with zero attached hydrogens (tertiary/aromatic N) is 4. The Hall–Kier alpha value is -4.98. The van der Waals surface area contributed by atoms with Crippen LogP contribution >= 0.6 is 0 Å². The van der Waals surface area contributed by atoms with Gasteiger partial charge in [0.05, 0.1) is 28.9 Å². The van der Waals surface area contributed by atoms with Gasteiger partial charge in [0.1, 0.15) is 5.82 Å². The number of H-pyrrole nitrogens is 1. The van der Waals surface area contributed by atoms with E-state index in [0.29, 0.717) is 17.2 Å². The molecule has 3 aromatic heterocycles. The molecule has 0 atom stereocenters. The largest absolute Gasteiger partial charge is 0.343 e. The van der Waals surface area contributed by atoms with Gasteiger partial charge in [-0.3, -0.25) is 5.32 Å². The molecule has 0 aliphatic carbocycles. The lowest BCUT2D eigenvalue weighted by molar-refractivity contribution is 0.262. The van der Waals surface area contributed by atoms with Crippen LogP contribution in [0.1, 0.15) is 32.0 Å². The maximum atomic E-state index is 13.3. The minimum absolute atomic E-state index is 0.178. The summed E-state index contributed by atoms with van der Waals surface area (Å²) < 4.78 is 1.78. The third-order valence-corrected chi connectivity index (χ3v) is 6.75. The van der Waals surface area contributed by atoms with E-state index in [4.69, 9.17) is 5.10 Å². The van der Waals surface area contributed by atoms with Crippen molar-refractivity contribution in [1.82, 2.24) is 24.7 Å². The first kappa shape index (κ1) is 24.4. The monoisotopic (exact) mass is 515 g/mol. The minimum atomic E-state index is -0.345. The first-order valence-electron chi connectivity index (χ1n) is 12.8. The third kappa shape index (κ3) is 4.72. The summed E-state index contributed by atoms with van der Waals surface area (Å²) in [6, 6.07) is 23.6. The van der Waals surface area contributed by atoms with Gasteiger partial charge in [0.2, 0.25) is 0 Å². The number of aromatic nitrogens is 5. The fourth-order valence-corrected chi connectivity index (χ4v) is 4.63. The summed E-state index contributed by atoms with van der Waals surface area (Å²) in [5.74, 6) is 0.598. The fraction of sp³-hybridized carbons (Fsp3) is 0.161. The molecular weight excluding hydrogens is 486 g/mol. The lowest BCUT2D eigenvalue weighted by Crippen LogP contribution is -2.21. The van der Waals surface area contributed by atoms with Crippen LogP contribution in [-0.4, -0.2) is 30.8 Å². The molecule has 0 spiro atoms. The molecule has 6 rings (SSSR count). The molecule has 2 amide bonds. The first-order chi connectivity index (χ1) is 18.8. The minimum Gasteiger partial charge on any atom is -0.343 e. The summed E-state index contributed by atoms with van der Waals surface area (Å²) in [4.78, 5) is 25.1. The highest BCUT2D eigenvalue weighted by molar-refractivity contribution is 6.09. The number of rotatable bonds is 4. The van der Waals surface area contributed by atoms with E-state index >= 15 is 0 Å². The zero-order valence-corrected chi connectivity index (χ0v) is 22.3. The molecule has 0 fully saturated rings. The van der Waals surface area contributed by atoms with E-state index < -0.39 is 0 Å². The van der Waals surface area contributed by atoms with E-state index in [2.05, 4.69) is 46.4 Å². The number of aryl methyl sites for hydroxylation is 1. The first-order valence-corrected chi connectivity index (χ1v) is 12.8. The molecule has 39 heavy (non-hydrogen) atoms. The molecule has 3 N–H and O–H groups in total. The number of urea groups is 1. The second-order valence-corrected chi connectivity index (χ2v) is 10.7. The van der Waals surface area contributed by atoms with Gasteiger partial charge in [0, 0.05) is 28.6 Å². The highest BCUT2D eigenvalue weighted by Crippen LogP contribution is 2.34. The van der Waals surface area contributed by atoms with Crippen LogP contribution in [0.15, 0.2) is 85.3 Å². The summed E-state index contributed by atoms with van der Waals surface area (Å²) in [7, 11) is 0. The van der Waals surface area contributed by atoms with Crippen molar-refractivity contribution in [1.29, 1.82) is 0 Å². The standard InChI is InChI=1S/C31H29N7O/c1-19-9-11-21(12-10-19)38-28(16-27(37-38)31(2,3)4)36-30(39)35-25-14-13-22(23-7-5-6-8-24(23)25)20-15-26-29(32-17-20)34-18-33-26/h5-18H,1-4H3,(H,32,33,34)(H2,35,36,39). The molecule has 0 bridgehead atoms. The molecule has 3 aromatic carbocycles. The van der Waals surface area contributed by atoms with Crippen LogP contribution in [0, 0.1) is 6.92 Å². The quantitative estimate of drug-likeness (QED) is 0.231. The number of benzene rings is 3. The predicted octanol–water partition coefficient (Wildman–Crippen LogP) is 7.21. The van der Waals surface area contributed by atoms with E-state index in [1.807, 2.05) is 85.9 Å². The van der Waals surface area contributed by atoms with Crippen molar-refractivity contribution < 1.29 is 4.79 Å². The number of anilines is 2. The summed E-state index contributed by atoms with van der Waals surface area (Å²) in [6.07, 6.45) is 3.46. The fourth-order valence-electron chi connectivity index (χ4n) is 4.63. The zero-order chi connectivity index (χ0) is 27.1. The van der Waals surface area contributed by atoms with Crippen LogP contribution in [0.3, 0.4) is 0 Å². The molecule has 8 nitrogen and oxygen atoms in total. The number of carbonyl (C=O) groups is 1. The lowest BCUT2D eigenvalue weighted by atomic mass is 9.92. The van der Waals surface area contributed by atoms with Gasteiger partial charge in [-0.1, -0.05) is 68.8 Å². The number of fused-ring (bicyclic) bond motifs is 2. The van der Waals surface area contributed by atoms with Crippen molar-refractivity contribution in [3.8, 4) is 16.8 Å². The highest BCUT2D eigenvalue weighted by atomic mass is 16.2. The van der Waals surface area contributed by atoms with Crippen LogP contribution in [0.4, 0.5) is 16.3 Å². The SMILES string of the molecule is Cc1ccc(-n2nc(C(C)(C)C)cc2NC(=O)Nc2ccc(-c3cnc4nc[nH]c4c3)c3ccccc23)cc1. The van der Waals surface area contributed by atoms with Crippen molar-refractivity contribution >= 4 is 39.5 Å². The van der Waals surface area contributed by atoms with Crippen molar-refractivity contribution in [2.24, 2.45) is 0 Å². The van der Waals surface area contributed by atoms with E-state index in [1.54, 1.807) is 11.0 Å². The van der Waals surface area contributed by atoms with Gasteiger partial charge in [-0.05, 0) is 42.1 Å². The number of carbonyl (C=O) groups excluding carboxylic acids is 1. The number of aromatic amines is 1. The number of pyridine rings is 1. The molecule has 0 aliphatic heterocycles. The zero-order valence-electron chi connectivity index (χ0n) is 22.3. The van der Waals surface area contributed by atoms with Gasteiger partial charge in [0.25, 0.3) is 0 Å². The van der Waals surface area contributed by atoms with Crippen molar-refractivity contribution in [3.63, 3.8) is 0 Å². The molecule has 0 saturated heterocycles. The topological polar surface area (TPSA) is 101 Å². The van der Waals surface area contributed by atoms with Gasteiger partial charge < -0.3 is 10.3 Å². The lowest BCUT2D eigenvalue weighted by Gasteiger charge is -2.14. The van der Waals surface area contributed by atoms with Gasteiger partial charge in [-0.25, -0.2) is 19.4 Å². The second kappa shape index (κ2) is 9.40. The Morgan fingerprint density at radius 2 is 1.67 bits per heavy atom. The average molecular weight is 516 g/mol. The average Bonchev–Trinajstić information content (AvgIpc) is 3.56. The molecule has 0 unspecified atom stereocenters. The summed E-state index contributed by atoms with van der Waals surface area (Å²) >= 11 is 0. The summed E-state index contributed by atoms with van der Waals surface area (Å²) in [6.45, 7) is 8.35. The Morgan fingerprint density at radius 3 is 2.44 bits per heavy atom. The maximum absolute atomic E-state index is 13.3. The summed E-state index contributed by atoms with van der Waals surface area (Å²) in [5.41, 5.74) is 6.99. The van der Waals surface area contributed by atoms with E-state index in [0.717, 1.165) is 44.4 Å². The van der Waals surface area contributed by atoms with Gasteiger partial charge >= 0.3 is 6.03 Å². The molecule has 194 valence electrons. The Kier molecular flexibility index (Phi) is 5.87. The molecule has 6 aromatic rings. The van der Waals surface area contributed by atoms with E-state index in [-0.39, 0.29) is 11.4 Å². The van der Waals surface area contributed by atoms with E-state index in [1.165, 1.54) is 0 Å². The Bertz CT molecular complexity index is 1820. The van der Waals surface area contributed by atoms with Crippen LogP contribution < -0.4 is 10.6 Å². The van der Waals surface area contributed by atoms with Crippen molar-refractivity contribution in [2.75, 3.05) is 10.6 Å². The maximum Gasteiger partial charge on any atom is 0.324 e. The molecular formula is C31H29N7O. The van der Waals surface area contributed by atoms with Crippen LogP contribution in [-0.2, 0) is 5.41 Å². The van der Waals surface area contributed by atoms with Gasteiger partial charge in [-0.2, -0.15) is 5.10 Å².